The molecule has 0 spiro atoms. The van der Waals surface area contributed by atoms with Crippen molar-refractivity contribution in [2.24, 2.45) is 17.6 Å². The van der Waals surface area contributed by atoms with Gasteiger partial charge in [0, 0.05) is 25.7 Å². The SMILES string of the molecule is CC[C@H](N)CN1CC(C)CC(C)C1. The van der Waals surface area contributed by atoms with Crippen LogP contribution in [0.4, 0.5) is 0 Å². The Morgan fingerprint density at radius 1 is 1.31 bits per heavy atom. The summed E-state index contributed by atoms with van der Waals surface area (Å²) in [6.45, 7) is 10.4. The fraction of sp³-hybridized carbons (Fsp3) is 1.00. The minimum Gasteiger partial charge on any atom is -0.327 e. The van der Waals surface area contributed by atoms with Crippen molar-refractivity contribution in [2.75, 3.05) is 19.6 Å². The van der Waals surface area contributed by atoms with Gasteiger partial charge in [0.15, 0.2) is 0 Å². The molecule has 3 atom stereocenters. The monoisotopic (exact) mass is 184 g/mol. The van der Waals surface area contributed by atoms with Crippen molar-refractivity contribution >= 4 is 0 Å². The molecule has 0 aromatic heterocycles. The highest BCUT2D eigenvalue weighted by molar-refractivity contribution is 4.77. The molecule has 2 N–H and O–H groups in total. The molecule has 0 bridgehead atoms. The molecule has 0 aromatic carbocycles. The average Bonchev–Trinajstić information content (AvgIpc) is 2.02. The Morgan fingerprint density at radius 3 is 2.31 bits per heavy atom. The largest absolute Gasteiger partial charge is 0.327 e. The summed E-state index contributed by atoms with van der Waals surface area (Å²) in [5.41, 5.74) is 5.95. The summed E-state index contributed by atoms with van der Waals surface area (Å²) in [5.74, 6) is 1.71. The zero-order chi connectivity index (χ0) is 9.84. The van der Waals surface area contributed by atoms with Crippen LogP contribution in [0.5, 0.6) is 0 Å². The lowest BCUT2D eigenvalue weighted by atomic mass is 9.91. The second-order valence-corrected chi connectivity index (χ2v) is 4.83. The second-order valence-electron chi connectivity index (χ2n) is 4.83. The predicted molar refractivity (Wildman–Crippen MR) is 57.7 cm³/mol. The summed E-state index contributed by atoms with van der Waals surface area (Å²) in [7, 11) is 0. The molecule has 0 amide bonds. The second kappa shape index (κ2) is 4.97. The van der Waals surface area contributed by atoms with Crippen LogP contribution in [-0.4, -0.2) is 30.6 Å². The van der Waals surface area contributed by atoms with Crippen LogP contribution in [0, 0.1) is 11.8 Å². The molecule has 1 fully saturated rings. The van der Waals surface area contributed by atoms with Crippen LogP contribution >= 0.6 is 0 Å². The van der Waals surface area contributed by atoms with Gasteiger partial charge in [-0.3, -0.25) is 0 Å². The molecule has 2 nitrogen and oxygen atoms in total. The van der Waals surface area contributed by atoms with Crippen molar-refractivity contribution in [2.45, 2.75) is 39.7 Å². The lowest BCUT2D eigenvalue weighted by Gasteiger charge is -2.36. The first-order valence-corrected chi connectivity index (χ1v) is 5.59. The zero-order valence-corrected chi connectivity index (χ0v) is 9.29. The Kier molecular flexibility index (Phi) is 4.20. The summed E-state index contributed by atoms with van der Waals surface area (Å²) in [6.07, 6.45) is 2.48. The molecule has 13 heavy (non-hydrogen) atoms. The quantitative estimate of drug-likeness (QED) is 0.723. The molecule has 78 valence electrons. The first kappa shape index (κ1) is 11.0. The molecule has 1 aliphatic rings. The number of hydrogen-bond donors (Lipinski definition) is 1. The van der Waals surface area contributed by atoms with E-state index in [-0.39, 0.29) is 0 Å². The van der Waals surface area contributed by atoms with Crippen LogP contribution in [0.2, 0.25) is 0 Å². The van der Waals surface area contributed by atoms with E-state index in [0.29, 0.717) is 6.04 Å². The lowest BCUT2D eigenvalue weighted by Crippen LogP contribution is -2.44. The van der Waals surface area contributed by atoms with Crippen LogP contribution in [0.25, 0.3) is 0 Å². The third-order valence-electron chi connectivity index (χ3n) is 2.96. The van der Waals surface area contributed by atoms with E-state index in [1.54, 1.807) is 0 Å². The molecule has 2 unspecified atom stereocenters. The first-order valence-electron chi connectivity index (χ1n) is 5.59. The highest BCUT2D eigenvalue weighted by Gasteiger charge is 2.22. The molecule has 1 saturated heterocycles. The standard InChI is InChI=1S/C11H24N2/c1-4-11(12)8-13-6-9(2)5-10(3)7-13/h9-11H,4-8,12H2,1-3H3/t9?,10?,11-/m0/s1. The zero-order valence-electron chi connectivity index (χ0n) is 9.29. The van der Waals surface area contributed by atoms with Gasteiger partial charge >= 0.3 is 0 Å². The van der Waals surface area contributed by atoms with Gasteiger partial charge in [-0.25, -0.2) is 0 Å². The van der Waals surface area contributed by atoms with Crippen LogP contribution in [0.3, 0.4) is 0 Å². The summed E-state index contributed by atoms with van der Waals surface area (Å²) in [4.78, 5) is 2.53. The molecule has 1 aliphatic heterocycles. The highest BCUT2D eigenvalue weighted by atomic mass is 15.1. The van der Waals surface area contributed by atoms with E-state index in [0.717, 1.165) is 24.8 Å². The van der Waals surface area contributed by atoms with Gasteiger partial charge in [0.1, 0.15) is 0 Å². The number of piperidine rings is 1. The Labute approximate surface area is 82.5 Å². The first-order chi connectivity index (χ1) is 6.11. The molecular formula is C11H24N2. The maximum Gasteiger partial charge on any atom is 0.0165 e. The minimum absolute atomic E-state index is 0.373. The summed E-state index contributed by atoms with van der Waals surface area (Å²) >= 11 is 0. The lowest BCUT2D eigenvalue weighted by molar-refractivity contribution is 0.133. The molecule has 0 aromatic rings. The Hall–Kier alpha value is -0.0800. The third-order valence-corrected chi connectivity index (χ3v) is 2.96. The Morgan fingerprint density at radius 2 is 1.85 bits per heavy atom. The molecule has 0 aliphatic carbocycles. The van der Waals surface area contributed by atoms with E-state index in [9.17, 15) is 0 Å². The van der Waals surface area contributed by atoms with E-state index < -0.39 is 0 Å². The molecular weight excluding hydrogens is 160 g/mol. The van der Waals surface area contributed by atoms with E-state index in [4.69, 9.17) is 5.73 Å². The van der Waals surface area contributed by atoms with E-state index >= 15 is 0 Å². The third kappa shape index (κ3) is 3.65. The molecule has 0 saturated carbocycles. The minimum atomic E-state index is 0.373. The molecule has 1 rings (SSSR count). The molecule has 2 heteroatoms. The highest BCUT2D eigenvalue weighted by Crippen LogP contribution is 2.20. The van der Waals surface area contributed by atoms with Crippen molar-refractivity contribution in [3.8, 4) is 0 Å². The summed E-state index contributed by atoms with van der Waals surface area (Å²) < 4.78 is 0. The van der Waals surface area contributed by atoms with Crippen LogP contribution in [-0.2, 0) is 0 Å². The van der Waals surface area contributed by atoms with Gasteiger partial charge in [-0.05, 0) is 24.7 Å². The van der Waals surface area contributed by atoms with Gasteiger partial charge in [-0.1, -0.05) is 20.8 Å². The predicted octanol–water partition coefficient (Wildman–Crippen LogP) is 1.70. The summed E-state index contributed by atoms with van der Waals surface area (Å²) in [6, 6.07) is 0.373. The average molecular weight is 184 g/mol. The number of nitrogens with zero attached hydrogens (tertiary/aromatic N) is 1. The van der Waals surface area contributed by atoms with E-state index in [2.05, 4.69) is 25.7 Å². The molecule has 1 heterocycles. The van der Waals surface area contributed by atoms with Gasteiger partial charge in [-0.2, -0.15) is 0 Å². The van der Waals surface area contributed by atoms with Crippen molar-refractivity contribution < 1.29 is 0 Å². The number of likely N-dealkylation sites (tertiary alicyclic amines) is 1. The Bertz CT molecular complexity index is 137. The van der Waals surface area contributed by atoms with Gasteiger partial charge in [0.2, 0.25) is 0 Å². The number of rotatable bonds is 3. The van der Waals surface area contributed by atoms with Crippen molar-refractivity contribution in [1.82, 2.24) is 4.90 Å². The molecule has 0 radical (unpaired) electrons. The fourth-order valence-corrected chi connectivity index (χ4v) is 2.40. The van der Waals surface area contributed by atoms with Gasteiger partial charge < -0.3 is 10.6 Å². The summed E-state index contributed by atoms with van der Waals surface area (Å²) in [5, 5.41) is 0. The fourth-order valence-electron chi connectivity index (χ4n) is 2.40. The van der Waals surface area contributed by atoms with Crippen LogP contribution in [0.1, 0.15) is 33.6 Å². The van der Waals surface area contributed by atoms with Crippen LogP contribution in [0.15, 0.2) is 0 Å². The van der Waals surface area contributed by atoms with Crippen molar-refractivity contribution in [3.05, 3.63) is 0 Å². The van der Waals surface area contributed by atoms with Crippen molar-refractivity contribution in [1.29, 1.82) is 0 Å². The maximum absolute atomic E-state index is 5.95. The number of hydrogen-bond acceptors (Lipinski definition) is 2. The Balaban J connectivity index is 2.32. The van der Waals surface area contributed by atoms with E-state index in [1.165, 1.54) is 19.5 Å². The smallest absolute Gasteiger partial charge is 0.0165 e. The van der Waals surface area contributed by atoms with Gasteiger partial charge in [0.25, 0.3) is 0 Å². The van der Waals surface area contributed by atoms with Crippen molar-refractivity contribution in [3.63, 3.8) is 0 Å². The van der Waals surface area contributed by atoms with E-state index in [1.807, 2.05) is 0 Å². The van der Waals surface area contributed by atoms with Gasteiger partial charge in [0.05, 0.1) is 0 Å². The number of nitrogens with two attached hydrogens (primary N) is 1. The maximum atomic E-state index is 5.95. The topological polar surface area (TPSA) is 29.3 Å². The van der Waals surface area contributed by atoms with Gasteiger partial charge in [-0.15, -0.1) is 0 Å². The van der Waals surface area contributed by atoms with Crippen LogP contribution < -0.4 is 5.73 Å². The normalized spacial score (nSPS) is 33.2.